The van der Waals surface area contributed by atoms with Gasteiger partial charge in [-0.3, -0.25) is 30.3 Å². The van der Waals surface area contributed by atoms with Gasteiger partial charge in [0, 0.05) is 4.99 Å². The van der Waals surface area contributed by atoms with Crippen molar-refractivity contribution < 1.29 is 19.6 Å². The molecule has 0 aliphatic heterocycles. The van der Waals surface area contributed by atoms with Crippen molar-refractivity contribution in [3.05, 3.63) is 30.3 Å². The van der Waals surface area contributed by atoms with Gasteiger partial charge in [-0.1, -0.05) is 0 Å². The van der Waals surface area contributed by atoms with Crippen LogP contribution in [0, 0.1) is 30.3 Å². The quantitative estimate of drug-likeness (QED) is 0.177. The van der Waals surface area contributed by atoms with Gasteiger partial charge in [0.1, 0.15) is 0 Å². The van der Waals surface area contributed by atoms with Crippen LogP contribution in [0.25, 0.3) is 0 Å². The molecule has 0 rings (SSSR count). The molecule has 0 saturated carbocycles. The Morgan fingerprint density at radius 3 is 1.38 bits per heavy atom. The molecule has 0 N–H and O–H groups in total. The number of hydrogen-bond acceptors (Lipinski definition) is 8. The van der Waals surface area contributed by atoms with Gasteiger partial charge in [0.15, 0.2) is 0 Å². The zero-order chi connectivity index (χ0) is 10.6. The van der Waals surface area contributed by atoms with Crippen LogP contribution in [0.3, 0.4) is 0 Å². The summed E-state index contributed by atoms with van der Waals surface area (Å²) in [5.41, 5.74) is 0. The largest absolute Gasteiger partial charge is 0.829 e. The summed E-state index contributed by atoms with van der Waals surface area (Å²) in [6, 6.07) is 0. The summed E-state index contributed by atoms with van der Waals surface area (Å²) in [6.07, 6.45) is 0.403. The Balaban J connectivity index is 5.58. The van der Waals surface area contributed by atoms with Crippen molar-refractivity contribution in [1.82, 2.24) is 0 Å². The van der Waals surface area contributed by atoms with Crippen LogP contribution >= 0.6 is 0 Å². The van der Waals surface area contributed by atoms with Gasteiger partial charge in [0.2, 0.25) is 14.8 Å². The second-order valence-electron chi connectivity index (χ2n) is 1.57. The average Bonchev–Trinajstić information content (AvgIpc) is 1.97. The minimum Gasteiger partial charge on any atom is -0.251 e. The standard InChI is InChI=1S/C2N4O7/c7-1-3-2(4(8)9,5(10)11)6(12)13. The fourth-order valence-electron chi connectivity index (χ4n) is 0.384. The summed E-state index contributed by atoms with van der Waals surface area (Å²) in [7, 11) is 0. The highest BCUT2D eigenvalue weighted by atomic mass is 16.7. The van der Waals surface area contributed by atoms with E-state index >= 15 is 0 Å². The lowest BCUT2D eigenvalue weighted by Gasteiger charge is -1.99. The van der Waals surface area contributed by atoms with Crippen LogP contribution in [-0.4, -0.2) is 26.8 Å². The molecule has 0 heterocycles. The Labute approximate surface area is 68.1 Å². The van der Waals surface area contributed by atoms with E-state index in [0.717, 1.165) is 0 Å². The van der Waals surface area contributed by atoms with Crippen LogP contribution in [0.4, 0.5) is 0 Å². The first kappa shape index (κ1) is 10.6. The maximum absolute atomic E-state index is 9.94. The van der Waals surface area contributed by atoms with E-state index in [2.05, 4.69) is 0 Å². The predicted octanol–water partition coefficient (Wildman–Crippen LogP) is -1.24. The maximum atomic E-state index is 9.94. The molecule has 0 aromatic carbocycles. The summed E-state index contributed by atoms with van der Waals surface area (Å²) in [5.74, 6) is -4.08. The fraction of sp³-hybridized carbons (Fsp3) is 0.500. The Kier molecular flexibility index (Phi) is 2.70. The first-order chi connectivity index (χ1) is 5.89. The SMILES string of the molecule is O=C=NC([N+](=O)[O-])([N+](=O)[O-])[N+](=O)[O-]. The zero-order valence-corrected chi connectivity index (χ0v) is 5.65. The summed E-state index contributed by atoms with van der Waals surface area (Å²) in [6.45, 7) is 0. The summed E-state index contributed by atoms with van der Waals surface area (Å²) in [4.78, 5) is 35.6. The number of aliphatic imine (C=N–C) groups is 1. The van der Waals surface area contributed by atoms with Gasteiger partial charge >= 0.3 is 5.91 Å². The van der Waals surface area contributed by atoms with Crippen molar-refractivity contribution in [2.24, 2.45) is 4.99 Å². The Hall–Kier alpha value is -2.42. The molecule has 0 amide bonds. The monoisotopic (exact) mass is 192 g/mol. The van der Waals surface area contributed by atoms with E-state index in [1.54, 1.807) is 0 Å². The van der Waals surface area contributed by atoms with Crippen LogP contribution in [0.15, 0.2) is 4.99 Å². The van der Waals surface area contributed by atoms with Crippen molar-refractivity contribution in [1.29, 1.82) is 0 Å². The molecule has 13 heavy (non-hydrogen) atoms. The molecule has 0 bridgehead atoms. The van der Waals surface area contributed by atoms with Crippen molar-refractivity contribution >= 4 is 6.08 Å². The molecule has 11 nitrogen and oxygen atoms in total. The zero-order valence-electron chi connectivity index (χ0n) is 5.65. The molecule has 0 saturated heterocycles. The van der Waals surface area contributed by atoms with E-state index in [1.165, 1.54) is 0 Å². The van der Waals surface area contributed by atoms with E-state index in [1.807, 2.05) is 4.99 Å². The molecule has 0 aliphatic rings. The van der Waals surface area contributed by atoms with E-state index in [4.69, 9.17) is 0 Å². The second kappa shape index (κ2) is 3.32. The van der Waals surface area contributed by atoms with E-state index in [-0.39, 0.29) is 0 Å². The molecular weight excluding hydrogens is 192 g/mol. The summed E-state index contributed by atoms with van der Waals surface area (Å²) < 4.78 is 0. The highest BCUT2D eigenvalue weighted by Crippen LogP contribution is 2.12. The topological polar surface area (TPSA) is 159 Å². The van der Waals surface area contributed by atoms with Gasteiger partial charge in [0.25, 0.3) is 6.08 Å². The smallest absolute Gasteiger partial charge is 0.251 e. The normalized spacial score (nSPS) is 9.85. The van der Waals surface area contributed by atoms with Crippen molar-refractivity contribution in [3.63, 3.8) is 0 Å². The highest BCUT2D eigenvalue weighted by molar-refractivity contribution is 5.33. The molecule has 0 aromatic rings. The van der Waals surface area contributed by atoms with Gasteiger partial charge < -0.3 is 0 Å². The number of nitro groups is 3. The average molecular weight is 192 g/mol. The van der Waals surface area contributed by atoms with Crippen molar-refractivity contribution in [2.45, 2.75) is 5.91 Å². The number of nitrogens with zero attached hydrogens (tertiary/aromatic N) is 4. The minimum atomic E-state index is -4.08. The van der Waals surface area contributed by atoms with Gasteiger partial charge in [-0.2, -0.15) is 0 Å². The Morgan fingerprint density at radius 2 is 1.31 bits per heavy atom. The maximum Gasteiger partial charge on any atom is 0.829 e. The molecule has 0 aromatic heterocycles. The molecule has 0 aliphatic carbocycles. The molecular formula is C2N4O7. The van der Waals surface area contributed by atoms with Gasteiger partial charge in [-0.05, 0) is 0 Å². The number of hydrogen-bond donors (Lipinski definition) is 0. The summed E-state index contributed by atoms with van der Waals surface area (Å²) >= 11 is 0. The van der Waals surface area contributed by atoms with Crippen molar-refractivity contribution in [2.75, 3.05) is 0 Å². The van der Waals surface area contributed by atoms with Crippen molar-refractivity contribution in [3.8, 4) is 0 Å². The van der Waals surface area contributed by atoms with Gasteiger partial charge in [-0.25, -0.2) is 4.79 Å². The first-order valence-electron chi connectivity index (χ1n) is 2.42. The number of rotatable bonds is 4. The predicted molar refractivity (Wildman–Crippen MR) is 31.8 cm³/mol. The lowest BCUT2D eigenvalue weighted by molar-refractivity contribution is -0.967. The molecule has 11 heteroatoms. The molecule has 70 valence electrons. The first-order valence-corrected chi connectivity index (χ1v) is 2.42. The minimum absolute atomic E-state index is 0.403. The third kappa shape index (κ3) is 1.44. The molecule has 0 atom stereocenters. The van der Waals surface area contributed by atoms with E-state index in [9.17, 15) is 35.1 Å². The molecule has 0 unspecified atom stereocenters. The van der Waals surface area contributed by atoms with Crippen LogP contribution in [0.5, 0.6) is 0 Å². The Morgan fingerprint density at radius 1 is 1.00 bits per heavy atom. The second-order valence-corrected chi connectivity index (χ2v) is 1.57. The van der Waals surface area contributed by atoms with Crippen LogP contribution in [0.2, 0.25) is 0 Å². The fourth-order valence-corrected chi connectivity index (χ4v) is 0.384. The number of isocyanates is 1. The van der Waals surface area contributed by atoms with E-state index in [0.29, 0.717) is 6.08 Å². The van der Waals surface area contributed by atoms with Crippen LogP contribution in [-0.2, 0) is 4.79 Å². The summed E-state index contributed by atoms with van der Waals surface area (Å²) in [5, 5.41) is 29.8. The molecule has 0 radical (unpaired) electrons. The van der Waals surface area contributed by atoms with Crippen LogP contribution in [0.1, 0.15) is 0 Å². The number of carbonyl (C=O) groups excluding carboxylic acids is 1. The lowest BCUT2D eigenvalue weighted by Crippen LogP contribution is -2.51. The molecule has 0 fully saturated rings. The van der Waals surface area contributed by atoms with Gasteiger partial charge in [-0.15, -0.1) is 0 Å². The Bertz CT molecular complexity index is 272. The lowest BCUT2D eigenvalue weighted by atomic mass is 10.7. The van der Waals surface area contributed by atoms with E-state index < -0.39 is 20.7 Å². The highest BCUT2D eigenvalue weighted by Gasteiger charge is 2.73. The van der Waals surface area contributed by atoms with Crippen LogP contribution < -0.4 is 0 Å². The third-order valence-corrected chi connectivity index (χ3v) is 0.930. The third-order valence-electron chi connectivity index (χ3n) is 0.930. The van der Waals surface area contributed by atoms with Gasteiger partial charge in [0.05, 0.1) is 0 Å². The molecule has 0 spiro atoms.